The van der Waals surface area contributed by atoms with E-state index in [1.54, 1.807) is 0 Å². The molecule has 6 nitrogen and oxygen atoms in total. The summed E-state index contributed by atoms with van der Waals surface area (Å²) in [6, 6.07) is -0.707. The minimum atomic E-state index is -0.792. The molecule has 0 aliphatic carbocycles. The monoisotopic (exact) mass is 912 g/mol. The summed E-state index contributed by atoms with van der Waals surface area (Å²) in [5, 5.41) is 23.8. The fraction of sp³-hybridized carbons (Fsp3) is 0.831. The van der Waals surface area contributed by atoms with Crippen LogP contribution in [0.25, 0.3) is 0 Å². The van der Waals surface area contributed by atoms with Crippen LogP contribution in [-0.4, -0.2) is 46.9 Å². The molecular weight excluding hydrogens is 803 g/mol. The lowest BCUT2D eigenvalue weighted by molar-refractivity contribution is -0.151. The van der Waals surface area contributed by atoms with E-state index in [0.717, 1.165) is 83.5 Å². The Labute approximate surface area is 404 Å². The molecule has 3 unspecified atom stereocenters. The average Bonchev–Trinajstić information content (AvgIpc) is 3.30. The Morgan fingerprint density at radius 3 is 1.25 bits per heavy atom. The maximum atomic E-state index is 13.2. The van der Waals surface area contributed by atoms with E-state index in [-0.39, 0.29) is 24.9 Å². The van der Waals surface area contributed by atoms with Crippen molar-refractivity contribution >= 4 is 11.9 Å². The number of aliphatic hydroxyl groups is 2. The summed E-state index contributed by atoms with van der Waals surface area (Å²) < 4.78 is 5.95. The maximum Gasteiger partial charge on any atom is 0.306 e. The first-order valence-corrected chi connectivity index (χ1v) is 28.4. The van der Waals surface area contributed by atoms with Crippen LogP contribution in [0.5, 0.6) is 0 Å². The third kappa shape index (κ3) is 48.1. The van der Waals surface area contributed by atoms with E-state index >= 15 is 0 Å². The molecule has 3 atom stereocenters. The first-order valence-electron chi connectivity index (χ1n) is 28.4. The minimum Gasteiger partial charge on any atom is -0.462 e. The van der Waals surface area contributed by atoms with Crippen LogP contribution < -0.4 is 5.32 Å². The van der Waals surface area contributed by atoms with Crippen LogP contribution >= 0.6 is 0 Å². The number of esters is 1. The van der Waals surface area contributed by atoms with Crippen molar-refractivity contribution in [1.82, 2.24) is 5.32 Å². The lowest BCUT2D eigenvalue weighted by Crippen LogP contribution is -2.46. The van der Waals surface area contributed by atoms with Gasteiger partial charge in [-0.25, -0.2) is 0 Å². The lowest BCUT2D eigenvalue weighted by atomic mass is 10.0. The summed E-state index contributed by atoms with van der Waals surface area (Å²) in [5.41, 5.74) is 0. The molecule has 0 rings (SSSR count). The highest BCUT2D eigenvalue weighted by molar-refractivity contribution is 5.77. The molecule has 65 heavy (non-hydrogen) atoms. The van der Waals surface area contributed by atoms with E-state index in [1.165, 1.54) is 161 Å². The molecule has 0 fully saturated rings. The summed E-state index contributed by atoms with van der Waals surface area (Å²) in [5.74, 6) is -0.487. The normalized spacial score (nSPS) is 13.5. The van der Waals surface area contributed by atoms with Crippen LogP contribution in [0.2, 0.25) is 0 Å². The molecule has 6 heteroatoms. The molecule has 0 radical (unpaired) electrons. The van der Waals surface area contributed by atoms with Crippen molar-refractivity contribution in [3.05, 3.63) is 48.6 Å². The van der Waals surface area contributed by atoms with Gasteiger partial charge in [0.2, 0.25) is 5.91 Å². The van der Waals surface area contributed by atoms with Crippen LogP contribution in [0.1, 0.15) is 290 Å². The van der Waals surface area contributed by atoms with E-state index in [9.17, 15) is 19.8 Å². The van der Waals surface area contributed by atoms with Crippen LogP contribution in [0.15, 0.2) is 48.6 Å². The molecule has 0 aromatic rings. The Bertz CT molecular complexity index is 1110. The molecule has 0 spiro atoms. The molecule has 0 aromatic carbocycles. The number of allylic oxidation sites excluding steroid dienone is 8. The Morgan fingerprint density at radius 1 is 0.446 bits per heavy atom. The minimum absolute atomic E-state index is 0.0676. The molecule has 0 saturated carbocycles. The SMILES string of the molecule is CCCCC/C=C\C/C=C\C/C=C\CCCCCCCCC(=O)OC(CCCCCCC/C=C\CCCCCC)CC(=O)NC(CO)C(O)CCCCCCCCCCCCCCCC. The summed E-state index contributed by atoms with van der Waals surface area (Å²) in [6.45, 7) is 6.46. The van der Waals surface area contributed by atoms with Crippen molar-refractivity contribution in [2.24, 2.45) is 0 Å². The fourth-order valence-electron chi connectivity index (χ4n) is 8.55. The zero-order valence-corrected chi connectivity index (χ0v) is 43.4. The first-order chi connectivity index (χ1) is 32.0. The number of unbranched alkanes of at least 4 members (excludes halogenated alkanes) is 31. The number of nitrogens with one attached hydrogen (secondary N) is 1. The summed E-state index contributed by atoms with van der Waals surface area (Å²) in [6.07, 6.45) is 64.5. The van der Waals surface area contributed by atoms with Gasteiger partial charge in [-0.05, 0) is 89.9 Å². The summed E-state index contributed by atoms with van der Waals surface area (Å²) >= 11 is 0. The van der Waals surface area contributed by atoms with Gasteiger partial charge in [0.05, 0.1) is 25.2 Å². The van der Waals surface area contributed by atoms with Crippen LogP contribution in [-0.2, 0) is 14.3 Å². The lowest BCUT2D eigenvalue weighted by Gasteiger charge is -2.24. The fourth-order valence-corrected chi connectivity index (χ4v) is 8.55. The predicted molar refractivity (Wildman–Crippen MR) is 282 cm³/mol. The van der Waals surface area contributed by atoms with E-state index in [0.29, 0.717) is 19.3 Å². The molecule has 0 saturated heterocycles. The highest BCUT2D eigenvalue weighted by Gasteiger charge is 2.24. The number of aliphatic hydroxyl groups excluding tert-OH is 2. The van der Waals surface area contributed by atoms with E-state index in [1.807, 2.05) is 0 Å². The second kappa shape index (κ2) is 52.8. The average molecular weight is 913 g/mol. The molecule has 380 valence electrons. The Kier molecular flexibility index (Phi) is 51.0. The van der Waals surface area contributed by atoms with Gasteiger partial charge >= 0.3 is 5.97 Å². The van der Waals surface area contributed by atoms with E-state index in [4.69, 9.17) is 4.74 Å². The van der Waals surface area contributed by atoms with Crippen molar-refractivity contribution in [1.29, 1.82) is 0 Å². The van der Waals surface area contributed by atoms with E-state index < -0.39 is 18.2 Å². The quantitative estimate of drug-likeness (QED) is 0.0321. The number of carbonyl (C=O) groups is 2. The van der Waals surface area contributed by atoms with Gasteiger partial charge in [-0.2, -0.15) is 0 Å². The van der Waals surface area contributed by atoms with Crippen molar-refractivity contribution in [2.75, 3.05) is 6.61 Å². The second-order valence-electron chi connectivity index (χ2n) is 19.3. The third-order valence-corrected chi connectivity index (χ3v) is 12.9. The maximum absolute atomic E-state index is 13.2. The van der Waals surface area contributed by atoms with Crippen molar-refractivity contribution in [2.45, 2.75) is 309 Å². The number of rotatable bonds is 51. The van der Waals surface area contributed by atoms with Crippen molar-refractivity contribution in [3.63, 3.8) is 0 Å². The van der Waals surface area contributed by atoms with Gasteiger partial charge < -0.3 is 20.3 Å². The molecule has 1 amide bonds. The standard InChI is InChI=1S/C59H109NO5/c1-4-7-10-13-16-19-22-25-27-28-29-30-31-34-37-40-43-46-49-52-59(64)65-55(50-47-44-41-38-35-32-24-21-18-15-12-9-6-3)53-58(63)60-56(54-61)57(62)51-48-45-42-39-36-33-26-23-20-17-14-11-8-5-2/h16,19,21,24-25,27,29-30,55-57,61-62H,4-15,17-18,20,22-23,26,28,31-54H2,1-3H3,(H,60,63)/b19-16-,24-21-,27-25-,30-29-. The number of hydrogen-bond acceptors (Lipinski definition) is 5. The number of amides is 1. The molecule has 0 heterocycles. The number of carbonyl (C=O) groups excluding carboxylic acids is 2. The molecule has 0 aromatic heterocycles. The first kappa shape index (κ1) is 62.8. The van der Waals surface area contributed by atoms with Gasteiger partial charge in [-0.15, -0.1) is 0 Å². The third-order valence-electron chi connectivity index (χ3n) is 12.9. The molecule has 0 aliphatic heterocycles. The summed E-state index contributed by atoms with van der Waals surface area (Å²) in [4.78, 5) is 26.2. The van der Waals surface area contributed by atoms with Gasteiger partial charge in [-0.1, -0.05) is 236 Å². The predicted octanol–water partition coefficient (Wildman–Crippen LogP) is 17.4. The van der Waals surface area contributed by atoms with Crippen molar-refractivity contribution in [3.8, 4) is 0 Å². The van der Waals surface area contributed by atoms with Crippen LogP contribution in [0.3, 0.4) is 0 Å². The van der Waals surface area contributed by atoms with Gasteiger partial charge in [0.25, 0.3) is 0 Å². The van der Waals surface area contributed by atoms with Gasteiger partial charge in [-0.3, -0.25) is 9.59 Å². The Balaban J connectivity index is 4.55. The Morgan fingerprint density at radius 2 is 0.785 bits per heavy atom. The van der Waals surface area contributed by atoms with Crippen LogP contribution in [0, 0.1) is 0 Å². The number of ether oxygens (including phenoxy) is 1. The largest absolute Gasteiger partial charge is 0.462 e. The highest BCUT2D eigenvalue weighted by atomic mass is 16.5. The molecule has 0 bridgehead atoms. The summed E-state index contributed by atoms with van der Waals surface area (Å²) in [7, 11) is 0. The van der Waals surface area contributed by atoms with Gasteiger partial charge in [0.1, 0.15) is 6.10 Å². The topological polar surface area (TPSA) is 95.9 Å². The van der Waals surface area contributed by atoms with Crippen LogP contribution in [0.4, 0.5) is 0 Å². The van der Waals surface area contributed by atoms with Gasteiger partial charge in [0, 0.05) is 6.42 Å². The highest BCUT2D eigenvalue weighted by Crippen LogP contribution is 2.18. The zero-order valence-electron chi connectivity index (χ0n) is 43.4. The zero-order chi connectivity index (χ0) is 47.4. The Hall–Kier alpha value is -2.18. The van der Waals surface area contributed by atoms with Gasteiger partial charge in [0.15, 0.2) is 0 Å². The van der Waals surface area contributed by atoms with Crippen molar-refractivity contribution < 1.29 is 24.5 Å². The smallest absolute Gasteiger partial charge is 0.306 e. The second-order valence-corrected chi connectivity index (χ2v) is 19.3. The van der Waals surface area contributed by atoms with E-state index in [2.05, 4.69) is 74.7 Å². The molecule has 3 N–H and O–H groups in total. The molecular formula is C59H109NO5. The number of hydrogen-bond donors (Lipinski definition) is 3. The molecule has 0 aliphatic rings.